The van der Waals surface area contributed by atoms with Crippen LogP contribution in [0.2, 0.25) is 0 Å². The fourth-order valence-corrected chi connectivity index (χ4v) is 3.13. The fourth-order valence-electron chi connectivity index (χ4n) is 3.13. The van der Waals surface area contributed by atoms with Gasteiger partial charge < -0.3 is 9.64 Å². The number of ether oxygens (including phenoxy) is 1. The number of esters is 1. The zero-order valence-electron chi connectivity index (χ0n) is 15.0. The molecule has 0 N–H and O–H groups in total. The second kappa shape index (κ2) is 9.51. The van der Waals surface area contributed by atoms with Gasteiger partial charge >= 0.3 is 5.97 Å². The number of nitrogens with zero attached hydrogens (tertiary/aromatic N) is 2. The summed E-state index contributed by atoms with van der Waals surface area (Å²) in [7, 11) is 0. The summed E-state index contributed by atoms with van der Waals surface area (Å²) in [6.07, 6.45) is 1.33. The Labute approximate surface area is 148 Å². The molecule has 1 heterocycles. The number of Topliss-reactive ketones (excluding diaryl/α,β-unsaturated/α-hetero) is 1. The number of ketones is 1. The van der Waals surface area contributed by atoms with Crippen molar-refractivity contribution in [3.63, 3.8) is 0 Å². The Morgan fingerprint density at radius 1 is 1.16 bits per heavy atom. The van der Waals surface area contributed by atoms with E-state index in [1.54, 1.807) is 6.92 Å². The lowest BCUT2D eigenvalue weighted by Gasteiger charge is -2.36. The molecule has 6 heteroatoms. The van der Waals surface area contributed by atoms with Crippen LogP contribution in [0.3, 0.4) is 0 Å². The van der Waals surface area contributed by atoms with E-state index in [0.717, 1.165) is 44.8 Å². The van der Waals surface area contributed by atoms with Crippen LogP contribution < -0.4 is 4.90 Å². The maximum atomic E-state index is 13.0. The molecule has 1 saturated heterocycles. The first-order valence-corrected chi connectivity index (χ1v) is 8.91. The summed E-state index contributed by atoms with van der Waals surface area (Å²) in [6, 6.07) is 6.58. The molecule has 0 bridgehead atoms. The van der Waals surface area contributed by atoms with Gasteiger partial charge in [-0.25, -0.2) is 4.39 Å². The van der Waals surface area contributed by atoms with Crippen LogP contribution in [-0.2, 0) is 14.3 Å². The smallest absolute Gasteiger partial charge is 0.316 e. The van der Waals surface area contributed by atoms with Gasteiger partial charge in [0.1, 0.15) is 17.5 Å². The summed E-state index contributed by atoms with van der Waals surface area (Å²) in [5, 5.41) is 0. The van der Waals surface area contributed by atoms with Crippen LogP contribution in [0.1, 0.15) is 26.7 Å². The van der Waals surface area contributed by atoms with Crippen LogP contribution in [-0.4, -0.2) is 56.0 Å². The van der Waals surface area contributed by atoms with Crippen molar-refractivity contribution in [1.29, 1.82) is 0 Å². The summed E-state index contributed by atoms with van der Waals surface area (Å²) in [5.74, 6) is -1.39. The number of piperazine rings is 1. The highest BCUT2D eigenvalue weighted by atomic mass is 19.1. The number of halogens is 1. The average molecular weight is 350 g/mol. The molecule has 2 rings (SSSR count). The van der Waals surface area contributed by atoms with Crippen molar-refractivity contribution in [2.24, 2.45) is 5.92 Å². The zero-order chi connectivity index (χ0) is 18.2. The van der Waals surface area contributed by atoms with Crippen molar-refractivity contribution >= 4 is 17.4 Å². The molecular weight excluding hydrogens is 323 g/mol. The van der Waals surface area contributed by atoms with E-state index in [0.29, 0.717) is 13.0 Å². The van der Waals surface area contributed by atoms with E-state index in [4.69, 9.17) is 4.74 Å². The molecule has 1 unspecified atom stereocenters. The van der Waals surface area contributed by atoms with Crippen LogP contribution in [0.5, 0.6) is 0 Å². The van der Waals surface area contributed by atoms with Crippen molar-refractivity contribution in [3.05, 3.63) is 30.1 Å². The standard InChI is InChI=1S/C19H27FN2O3/c1-3-25-19(24)18(15(2)23)5-4-10-21-11-13-22(14-12-21)17-8-6-16(20)7-9-17/h6-9,18H,3-5,10-14H2,1-2H3. The van der Waals surface area contributed by atoms with Gasteiger partial charge in [-0.3, -0.25) is 14.5 Å². The molecule has 1 aliphatic rings. The van der Waals surface area contributed by atoms with Crippen LogP contribution in [0.4, 0.5) is 10.1 Å². The third kappa shape index (κ3) is 5.81. The number of hydrogen-bond donors (Lipinski definition) is 0. The Bertz CT molecular complexity index is 569. The molecule has 1 aromatic rings. The molecule has 5 nitrogen and oxygen atoms in total. The summed E-state index contributed by atoms with van der Waals surface area (Å²) in [6.45, 7) is 7.97. The predicted molar refractivity (Wildman–Crippen MR) is 95.1 cm³/mol. The normalized spacial score (nSPS) is 16.5. The Hall–Kier alpha value is -1.95. The van der Waals surface area contributed by atoms with Crippen molar-refractivity contribution in [1.82, 2.24) is 4.90 Å². The molecule has 25 heavy (non-hydrogen) atoms. The highest BCUT2D eigenvalue weighted by molar-refractivity contribution is 5.97. The zero-order valence-corrected chi connectivity index (χ0v) is 15.0. The van der Waals surface area contributed by atoms with Gasteiger partial charge in [0.25, 0.3) is 0 Å². The lowest BCUT2D eigenvalue weighted by atomic mass is 9.99. The minimum absolute atomic E-state index is 0.125. The van der Waals surface area contributed by atoms with Crippen LogP contribution >= 0.6 is 0 Å². The van der Waals surface area contributed by atoms with Gasteiger partial charge in [0, 0.05) is 31.9 Å². The fraction of sp³-hybridized carbons (Fsp3) is 0.579. The van der Waals surface area contributed by atoms with E-state index < -0.39 is 11.9 Å². The number of rotatable bonds is 8. The van der Waals surface area contributed by atoms with Crippen molar-refractivity contribution < 1.29 is 18.7 Å². The quantitative estimate of drug-likeness (QED) is 0.533. The number of hydrogen-bond acceptors (Lipinski definition) is 5. The third-order valence-corrected chi connectivity index (χ3v) is 4.59. The summed E-state index contributed by atoms with van der Waals surface area (Å²) < 4.78 is 18.0. The molecule has 138 valence electrons. The molecule has 0 amide bonds. The second-order valence-electron chi connectivity index (χ2n) is 6.36. The van der Waals surface area contributed by atoms with Crippen LogP contribution in [0, 0.1) is 11.7 Å². The lowest BCUT2D eigenvalue weighted by molar-refractivity contribution is -0.151. The summed E-state index contributed by atoms with van der Waals surface area (Å²) >= 11 is 0. The molecule has 0 radical (unpaired) electrons. The first-order chi connectivity index (χ1) is 12.0. The molecular formula is C19H27FN2O3. The molecule has 0 aliphatic carbocycles. The van der Waals surface area contributed by atoms with Crippen molar-refractivity contribution in [2.45, 2.75) is 26.7 Å². The topological polar surface area (TPSA) is 49.9 Å². The van der Waals surface area contributed by atoms with E-state index in [-0.39, 0.29) is 11.6 Å². The highest BCUT2D eigenvalue weighted by Crippen LogP contribution is 2.18. The molecule has 1 atom stereocenters. The minimum Gasteiger partial charge on any atom is -0.465 e. The predicted octanol–water partition coefficient (Wildman–Crippen LogP) is 2.50. The summed E-state index contributed by atoms with van der Waals surface area (Å²) in [4.78, 5) is 28.0. The van der Waals surface area contributed by atoms with Crippen molar-refractivity contribution in [2.75, 3.05) is 44.2 Å². The van der Waals surface area contributed by atoms with Gasteiger partial charge in [-0.2, -0.15) is 0 Å². The first-order valence-electron chi connectivity index (χ1n) is 8.91. The highest BCUT2D eigenvalue weighted by Gasteiger charge is 2.25. The monoisotopic (exact) mass is 350 g/mol. The van der Waals surface area contributed by atoms with E-state index >= 15 is 0 Å². The first kappa shape index (κ1) is 19.4. The van der Waals surface area contributed by atoms with E-state index in [2.05, 4.69) is 9.80 Å². The molecule has 1 aromatic carbocycles. The minimum atomic E-state index is -0.638. The van der Waals surface area contributed by atoms with E-state index in [1.807, 2.05) is 12.1 Å². The lowest BCUT2D eigenvalue weighted by Crippen LogP contribution is -2.46. The summed E-state index contributed by atoms with van der Waals surface area (Å²) in [5.41, 5.74) is 1.04. The maximum Gasteiger partial charge on any atom is 0.316 e. The van der Waals surface area contributed by atoms with Crippen molar-refractivity contribution in [3.8, 4) is 0 Å². The molecule has 0 aromatic heterocycles. The molecule has 0 saturated carbocycles. The molecule has 0 spiro atoms. The third-order valence-electron chi connectivity index (χ3n) is 4.59. The number of carbonyl (C=O) groups excluding carboxylic acids is 2. The SMILES string of the molecule is CCOC(=O)C(CCCN1CCN(c2ccc(F)cc2)CC1)C(C)=O. The molecule has 1 aliphatic heterocycles. The van der Waals surface area contributed by atoms with E-state index in [9.17, 15) is 14.0 Å². The molecule has 1 fully saturated rings. The van der Waals surface area contributed by atoms with Gasteiger partial charge in [-0.15, -0.1) is 0 Å². The largest absolute Gasteiger partial charge is 0.465 e. The van der Waals surface area contributed by atoms with Gasteiger partial charge in [0.05, 0.1) is 6.61 Å². The average Bonchev–Trinajstić information content (AvgIpc) is 2.60. The maximum absolute atomic E-state index is 13.0. The Kier molecular flexibility index (Phi) is 7.37. The van der Waals surface area contributed by atoms with Crippen LogP contribution in [0.15, 0.2) is 24.3 Å². The van der Waals surface area contributed by atoms with Gasteiger partial charge in [0.15, 0.2) is 0 Å². The van der Waals surface area contributed by atoms with Gasteiger partial charge in [-0.05, 0) is 57.5 Å². The van der Waals surface area contributed by atoms with Gasteiger partial charge in [-0.1, -0.05) is 0 Å². The van der Waals surface area contributed by atoms with Crippen LogP contribution in [0.25, 0.3) is 0 Å². The Morgan fingerprint density at radius 3 is 2.36 bits per heavy atom. The Balaban J connectivity index is 1.73. The number of anilines is 1. The second-order valence-corrected chi connectivity index (χ2v) is 6.36. The van der Waals surface area contributed by atoms with E-state index in [1.165, 1.54) is 19.1 Å². The van der Waals surface area contributed by atoms with Gasteiger partial charge in [0.2, 0.25) is 0 Å². The Morgan fingerprint density at radius 2 is 1.80 bits per heavy atom. The number of benzene rings is 1. The number of carbonyl (C=O) groups is 2.